The van der Waals surface area contributed by atoms with Gasteiger partial charge in [0.2, 0.25) is 0 Å². The Bertz CT molecular complexity index is 1030. The molecule has 0 bridgehead atoms. The molecule has 0 amide bonds. The number of benzene rings is 4. The van der Waals surface area contributed by atoms with Crippen LogP contribution in [0.1, 0.15) is 0 Å². The molecule has 0 atom stereocenters. The van der Waals surface area contributed by atoms with E-state index >= 15 is 0 Å². The van der Waals surface area contributed by atoms with Crippen LogP contribution in [-0.2, 0) is 0 Å². The van der Waals surface area contributed by atoms with Crippen LogP contribution in [-0.4, -0.2) is 26.2 Å². The monoisotopic (exact) mass is 421 g/mol. The highest BCUT2D eigenvalue weighted by atomic mass is 35.5. The summed E-state index contributed by atoms with van der Waals surface area (Å²) in [5.41, 5.74) is 16.1. The van der Waals surface area contributed by atoms with E-state index in [1.807, 2.05) is 24.3 Å². The van der Waals surface area contributed by atoms with Crippen molar-refractivity contribution < 1.29 is 0 Å². The summed E-state index contributed by atoms with van der Waals surface area (Å²) in [6, 6.07) is 24.4. The molecule has 0 aromatic heterocycles. The van der Waals surface area contributed by atoms with Gasteiger partial charge in [-0.05, 0) is 35.0 Å². The van der Waals surface area contributed by atoms with Crippen molar-refractivity contribution in [2.24, 2.45) is 0 Å². The molecule has 0 aliphatic rings. The lowest BCUT2D eigenvalue weighted by Crippen LogP contribution is -2.27. The molecule has 5 nitrogen and oxygen atoms in total. The summed E-state index contributed by atoms with van der Waals surface area (Å²) in [6.07, 6.45) is 0. The van der Waals surface area contributed by atoms with E-state index in [0.29, 0.717) is 0 Å². The minimum Gasteiger partial charge on any atom is -0.398 e. The smallest absolute Gasteiger partial charge is 0.0441 e. The SMILES string of the molecule is Cl.Nc1cccc2cccc(NCCNCCNc3cccc4cccc(N)c34)c12. The Morgan fingerprint density at radius 3 is 1.37 bits per heavy atom. The van der Waals surface area contributed by atoms with E-state index in [1.54, 1.807) is 0 Å². The minimum absolute atomic E-state index is 0. The van der Waals surface area contributed by atoms with E-state index in [2.05, 4.69) is 64.5 Å². The standard InChI is InChI=1S/C24H27N5.ClH/c25-19-9-1-5-17-7-3-11-21(23(17)19)28-15-13-27-14-16-29-22-12-4-8-18-6-2-10-20(26)24(18)22;/h1-12,27-29H,13-16,25-26H2;1H. The van der Waals surface area contributed by atoms with Crippen LogP contribution in [0.2, 0.25) is 0 Å². The van der Waals surface area contributed by atoms with Crippen LogP contribution in [0.3, 0.4) is 0 Å². The Morgan fingerprint density at radius 1 is 0.533 bits per heavy atom. The molecule has 0 spiro atoms. The van der Waals surface area contributed by atoms with E-state index < -0.39 is 0 Å². The number of anilines is 4. The van der Waals surface area contributed by atoms with E-state index in [9.17, 15) is 0 Å². The maximum Gasteiger partial charge on any atom is 0.0441 e. The fraction of sp³-hybridized carbons (Fsp3) is 0.167. The molecule has 0 heterocycles. The Morgan fingerprint density at radius 2 is 0.933 bits per heavy atom. The van der Waals surface area contributed by atoms with Crippen molar-refractivity contribution in [3.63, 3.8) is 0 Å². The summed E-state index contributed by atoms with van der Waals surface area (Å²) >= 11 is 0. The summed E-state index contributed by atoms with van der Waals surface area (Å²) in [4.78, 5) is 0. The lowest BCUT2D eigenvalue weighted by atomic mass is 10.1. The molecule has 0 aliphatic carbocycles. The third-order valence-corrected chi connectivity index (χ3v) is 5.11. The van der Waals surface area contributed by atoms with E-state index in [0.717, 1.165) is 70.5 Å². The van der Waals surface area contributed by atoms with Gasteiger partial charge >= 0.3 is 0 Å². The van der Waals surface area contributed by atoms with Gasteiger partial charge in [0, 0.05) is 59.7 Å². The van der Waals surface area contributed by atoms with Gasteiger partial charge in [0.1, 0.15) is 0 Å². The molecular weight excluding hydrogens is 394 g/mol. The minimum atomic E-state index is 0. The normalized spacial score (nSPS) is 10.7. The Hall–Kier alpha value is -3.15. The molecule has 30 heavy (non-hydrogen) atoms. The number of halogens is 1. The van der Waals surface area contributed by atoms with Crippen LogP contribution in [0, 0.1) is 0 Å². The van der Waals surface area contributed by atoms with Gasteiger partial charge in [0.15, 0.2) is 0 Å². The zero-order chi connectivity index (χ0) is 20.1. The van der Waals surface area contributed by atoms with Crippen LogP contribution in [0.25, 0.3) is 21.5 Å². The average molecular weight is 422 g/mol. The van der Waals surface area contributed by atoms with Crippen molar-refractivity contribution in [1.82, 2.24) is 5.32 Å². The number of nitrogens with two attached hydrogens (primary N) is 2. The second kappa shape index (κ2) is 10.1. The first kappa shape index (κ1) is 21.6. The summed E-state index contributed by atoms with van der Waals surface area (Å²) in [5, 5.41) is 14.9. The Labute approximate surface area is 183 Å². The maximum atomic E-state index is 6.16. The van der Waals surface area contributed by atoms with Crippen LogP contribution in [0.4, 0.5) is 22.7 Å². The van der Waals surface area contributed by atoms with Gasteiger partial charge < -0.3 is 27.4 Å². The molecule has 4 aromatic rings. The highest BCUT2D eigenvalue weighted by Crippen LogP contribution is 2.29. The number of hydrogen-bond donors (Lipinski definition) is 5. The fourth-order valence-corrected chi connectivity index (χ4v) is 3.73. The van der Waals surface area contributed by atoms with Crippen LogP contribution in [0.5, 0.6) is 0 Å². The quantitative estimate of drug-likeness (QED) is 0.210. The Balaban J connectivity index is 0.00000256. The number of rotatable bonds is 8. The van der Waals surface area contributed by atoms with E-state index in [1.165, 1.54) is 0 Å². The van der Waals surface area contributed by atoms with Crippen molar-refractivity contribution in [1.29, 1.82) is 0 Å². The predicted octanol–water partition coefficient (Wildman–Crippen LogP) is 4.69. The van der Waals surface area contributed by atoms with Gasteiger partial charge in [0.25, 0.3) is 0 Å². The summed E-state index contributed by atoms with van der Waals surface area (Å²) < 4.78 is 0. The molecule has 7 N–H and O–H groups in total. The van der Waals surface area contributed by atoms with Crippen molar-refractivity contribution in [3.05, 3.63) is 72.8 Å². The van der Waals surface area contributed by atoms with Crippen LogP contribution in [0.15, 0.2) is 72.8 Å². The molecule has 4 aromatic carbocycles. The number of nitrogen functional groups attached to an aromatic ring is 2. The van der Waals surface area contributed by atoms with Crippen molar-refractivity contribution in [2.45, 2.75) is 0 Å². The summed E-state index contributed by atoms with van der Waals surface area (Å²) in [7, 11) is 0. The van der Waals surface area contributed by atoms with Gasteiger partial charge in [-0.1, -0.05) is 48.5 Å². The third kappa shape index (κ3) is 4.70. The first-order valence-corrected chi connectivity index (χ1v) is 9.97. The first-order chi connectivity index (χ1) is 14.2. The molecule has 0 saturated carbocycles. The first-order valence-electron chi connectivity index (χ1n) is 9.97. The lowest BCUT2D eigenvalue weighted by Gasteiger charge is -2.13. The van der Waals surface area contributed by atoms with Gasteiger partial charge in [-0.3, -0.25) is 0 Å². The fourth-order valence-electron chi connectivity index (χ4n) is 3.73. The van der Waals surface area contributed by atoms with Gasteiger partial charge in [-0.15, -0.1) is 12.4 Å². The van der Waals surface area contributed by atoms with Crippen LogP contribution < -0.4 is 27.4 Å². The zero-order valence-electron chi connectivity index (χ0n) is 16.8. The van der Waals surface area contributed by atoms with Gasteiger partial charge in [-0.2, -0.15) is 0 Å². The molecule has 0 aliphatic heterocycles. The number of nitrogens with one attached hydrogen (secondary N) is 3. The van der Waals surface area contributed by atoms with E-state index in [-0.39, 0.29) is 12.4 Å². The highest BCUT2D eigenvalue weighted by Gasteiger charge is 2.04. The molecule has 0 saturated heterocycles. The summed E-state index contributed by atoms with van der Waals surface area (Å²) in [6.45, 7) is 3.38. The molecule has 0 fully saturated rings. The number of hydrogen-bond acceptors (Lipinski definition) is 5. The Kier molecular flexibility index (Phi) is 7.22. The molecule has 6 heteroatoms. The molecule has 0 unspecified atom stereocenters. The van der Waals surface area contributed by atoms with Gasteiger partial charge in [0.05, 0.1) is 0 Å². The van der Waals surface area contributed by atoms with Crippen molar-refractivity contribution in [3.8, 4) is 0 Å². The largest absolute Gasteiger partial charge is 0.398 e. The third-order valence-electron chi connectivity index (χ3n) is 5.11. The highest BCUT2D eigenvalue weighted by molar-refractivity contribution is 6.03. The zero-order valence-corrected chi connectivity index (χ0v) is 17.6. The number of fused-ring (bicyclic) bond motifs is 2. The second-order valence-electron chi connectivity index (χ2n) is 7.11. The summed E-state index contributed by atoms with van der Waals surface area (Å²) in [5.74, 6) is 0. The molecular formula is C24H28ClN5. The van der Waals surface area contributed by atoms with E-state index in [4.69, 9.17) is 11.5 Å². The van der Waals surface area contributed by atoms with Crippen molar-refractivity contribution in [2.75, 3.05) is 48.3 Å². The predicted molar refractivity (Wildman–Crippen MR) is 134 cm³/mol. The molecule has 156 valence electrons. The van der Waals surface area contributed by atoms with Crippen molar-refractivity contribution >= 4 is 56.7 Å². The van der Waals surface area contributed by atoms with Gasteiger partial charge in [-0.25, -0.2) is 0 Å². The average Bonchev–Trinajstić information content (AvgIpc) is 2.73. The molecule has 0 radical (unpaired) electrons. The lowest BCUT2D eigenvalue weighted by molar-refractivity contribution is 0.719. The maximum absolute atomic E-state index is 6.16. The molecule has 4 rings (SSSR count). The van der Waals surface area contributed by atoms with Crippen LogP contribution >= 0.6 is 12.4 Å². The topological polar surface area (TPSA) is 88.1 Å². The second-order valence-corrected chi connectivity index (χ2v) is 7.11.